The van der Waals surface area contributed by atoms with E-state index in [9.17, 15) is 0 Å². The van der Waals surface area contributed by atoms with Crippen LogP contribution < -0.4 is 11.1 Å². The van der Waals surface area contributed by atoms with Gasteiger partial charge in [0.05, 0.1) is 39.2 Å². The number of pyridine rings is 2. The summed E-state index contributed by atoms with van der Waals surface area (Å²) >= 11 is 6.45. The van der Waals surface area contributed by atoms with E-state index >= 15 is 0 Å². The average Bonchev–Trinajstić information content (AvgIpc) is 3.25. The summed E-state index contributed by atoms with van der Waals surface area (Å²) in [5.74, 6) is 0.943. The molecule has 0 saturated heterocycles. The standard InChI is InChI=1S/C24H21ClN8/c1-14(30-24-20(23(26)28-13-29-24)18-9-11-33(2)32-18)16-12-15-6-5-7-17(25)21(15)31-22(16)19-8-3-4-10-27-19/h3-14H,1-2H3,(H3,26,28,29,30). The van der Waals surface area contributed by atoms with E-state index in [2.05, 4.69) is 31.4 Å². The lowest BCUT2D eigenvalue weighted by Crippen LogP contribution is -2.13. The normalized spacial score (nSPS) is 12.1. The lowest BCUT2D eigenvalue weighted by Gasteiger charge is -2.20. The molecule has 0 amide bonds. The van der Waals surface area contributed by atoms with Gasteiger partial charge in [-0.15, -0.1) is 0 Å². The highest BCUT2D eigenvalue weighted by atomic mass is 35.5. The summed E-state index contributed by atoms with van der Waals surface area (Å²) in [6.45, 7) is 2.04. The molecule has 0 bridgehead atoms. The van der Waals surface area contributed by atoms with Crippen LogP contribution in [0.5, 0.6) is 0 Å². The molecular formula is C24H21ClN8. The number of aromatic nitrogens is 6. The van der Waals surface area contributed by atoms with Gasteiger partial charge in [-0.05, 0) is 37.3 Å². The minimum absolute atomic E-state index is 0.186. The predicted molar refractivity (Wildman–Crippen MR) is 131 cm³/mol. The molecule has 0 fully saturated rings. The molecule has 0 aliphatic carbocycles. The highest BCUT2D eigenvalue weighted by molar-refractivity contribution is 6.35. The van der Waals surface area contributed by atoms with E-state index in [0.29, 0.717) is 27.9 Å². The molecular weight excluding hydrogens is 436 g/mol. The Morgan fingerprint density at radius 2 is 1.91 bits per heavy atom. The van der Waals surface area contributed by atoms with Crippen LogP contribution in [0.25, 0.3) is 33.5 Å². The summed E-state index contributed by atoms with van der Waals surface area (Å²) in [5.41, 5.74) is 10.7. The maximum absolute atomic E-state index is 6.45. The molecule has 0 aliphatic rings. The largest absolute Gasteiger partial charge is 0.383 e. The van der Waals surface area contributed by atoms with E-state index in [-0.39, 0.29) is 6.04 Å². The SMILES string of the molecule is CC(Nc1ncnc(N)c1-c1ccn(C)n1)c1cc2cccc(Cl)c2nc1-c1ccccn1. The van der Waals surface area contributed by atoms with Crippen LogP contribution in [-0.2, 0) is 7.05 Å². The number of nitrogens with two attached hydrogens (primary N) is 1. The zero-order valence-corrected chi connectivity index (χ0v) is 18.8. The van der Waals surface area contributed by atoms with Gasteiger partial charge in [0, 0.05) is 30.4 Å². The van der Waals surface area contributed by atoms with Gasteiger partial charge in [0.15, 0.2) is 0 Å². The molecule has 5 rings (SSSR count). The van der Waals surface area contributed by atoms with Crippen molar-refractivity contribution in [1.82, 2.24) is 29.7 Å². The summed E-state index contributed by atoms with van der Waals surface area (Å²) in [6, 6.07) is 15.3. The number of nitrogens with zero attached hydrogens (tertiary/aromatic N) is 6. The van der Waals surface area contributed by atoms with Crippen LogP contribution in [-0.4, -0.2) is 29.7 Å². The number of hydrogen-bond acceptors (Lipinski definition) is 7. The first-order valence-corrected chi connectivity index (χ1v) is 10.8. The quantitative estimate of drug-likeness (QED) is 0.387. The fourth-order valence-electron chi connectivity index (χ4n) is 3.81. The maximum Gasteiger partial charge on any atom is 0.141 e. The third kappa shape index (κ3) is 3.96. The van der Waals surface area contributed by atoms with Crippen LogP contribution in [0.1, 0.15) is 18.5 Å². The van der Waals surface area contributed by atoms with Crippen molar-refractivity contribution in [3.63, 3.8) is 0 Å². The van der Waals surface area contributed by atoms with Gasteiger partial charge in [-0.3, -0.25) is 9.67 Å². The molecule has 0 saturated carbocycles. The molecule has 0 aliphatic heterocycles. The second-order valence-corrected chi connectivity index (χ2v) is 8.08. The van der Waals surface area contributed by atoms with Crippen molar-refractivity contribution in [2.24, 2.45) is 7.05 Å². The zero-order chi connectivity index (χ0) is 22.9. The number of nitrogen functional groups attached to an aromatic ring is 1. The van der Waals surface area contributed by atoms with Gasteiger partial charge in [0.25, 0.3) is 0 Å². The first-order chi connectivity index (χ1) is 16.0. The molecule has 0 radical (unpaired) electrons. The van der Waals surface area contributed by atoms with Crippen molar-refractivity contribution >= 4 is 34.1 Å². The third-order valence-corrected chi connectivity index (χ3v) is 5.70. The van der Waals surface area contributed by atoms with Crippen LogP contribution in [0, 0.1) is 0 Å². The molecule has 3 N–H and O–H groups in total. The van der Waals surface area contributed by atoms with Crippen LogP contribution in [0.4, 0.5) is 11.6 Å². The van der Waals surface area contributed by atoms with Gasteiger partial charge < -0.3 is 11.1 Å². The van der Waals surface area contributed by atoms with Gasteiger partial charge in [0.2, 0.25) is 0 Å². The number of para-hydroxylation sites is 1. The number of nitrogens with one attached hydrogen (secondary N) is 1. The highest BCUT2D eigenvalue weighted by Gasteiger charge is 2.20. The van der Waals surface area contributed by atoms with Crippen molar-refractivity contribution < 1.29 is 0 Å². The van der Waals surface area contributed by atoms with Gasteiger partial charge in [-0.2, -0.15) is 5.10 Å². The van der Waals surface area contributed by atoms with Crippen molar-refractivity contribution in [3.8, 4) is 22.6 Å². The van der Waals surface area contributed by atoms with E-state index < -0.39 is 0 Å². The number of fused-ring (bicyclic) bond motifs is 1. The molecule has 5 aromatic rings. The summed E-state index contributed by atoms with van der Waals surface area (Å²) in [5, 5.41) is 9.50. The third-order valence-electron chi connectivity index (χ3n) is 5.40. The molecule has 4 heterocycles. The fourth-order valence-corrected chi connectivity index (χ4v) is 4.03. The van der Waals surface area contributed by atoms with E-state index in [4.69, 9.17) is 22.3 Å². The van der Waals surface area contributed by atoms with Gasteiger partial charge in [-0.25, -0.2) is 15.0 Å². The maximum atomic E-state index is 6.45. The van der Waals surface area contributed by atoms with E-state index in [1.165, 1.54) is 6.33 Å². The number of rotatable bonds is 5. The average molecular weight is 457 g/mol. The Labute approximate surface area is 195 Å². The zero-order valence-electron chi connectivity index (χ0n) is 18.1. The molecule has 8 nitrogen and oxygen atoms in total. The first-order valence-electron chi connectivity index (χ1n) is 10.4. The van der Waals surface area contributed by atoms with Crippen LogP contribution in [0.2, 0.25) is 5.02 Å². The van der Waals surface area contributed by atoms with Crippen molar-refractivity contribution in [1.29, 1.82) is 0 Å². The minimum atomic E-state index is -0.186. The number of anilines is 2. The molecule has 1 aromatic carbocycles. The Morgan fingerprint density at radius 1 is 1.03 bits per heavy atom. The van der Waals surface area contributed by atoms with E-state index in [0.717, 1.165) is 27.9 Å². The summed E-state index contributed by atoms with van der Waals surface area (Å²) in [4.78, 5) is 18.0. The summed E-state index contributed by atoms with van der Waals surface area (Å²) in [7, 11) is 1.85. The topological polar surface area (TPSA) is 107 Å². The number of hydrogen-bond donors (Lipinski definition) is 2. The van der Waals surface area contributed by atoms with Crippen molar-refractivity contribution in [2.45, 2.75) is 13.0 Å². The second kappa shape index (κ2) is 8.48. The minimum Gasteiger partial charge on any atom is -0.383 e. The van der Waals surface area contributed by atoms with Crippen LogP contribution in [0.15, 0.2) is 67.3 Å². The van der Waals surface area contributed by atoms with E-state index in [1.54, 1.807) is 10.9 Å². The van der Waals surface area contributed by atoms with Crippen LogP contribution in [0.3, 0.4) is 0 Å². The van der Waals surface area contributed by atoms with Gasteiger partial charge in [-0.1, -0.05) is 29.8 Å². The molecule has 4 aromatic heterocycles. The number of benzene rings is 1. The molecule has 164 valence electrons. The molecule has 33 heavy (non-hydrogen) atoms. The Hall–Kier alpha value is -4.04. The Morgan fingerprint density at radius 3 is 2.67 bits per heavy atom. The fraction of sp³-hybridized carbons (Fsp3) is 0.125. The predicted octanol–water partition coefficient (Wildman–Crippen LogP) is 4.90. The van der Waals surface area contributed by atoms with Crippen molar-refractivity contribution in [2.75, 3.05) is 11.1 Å². The summed E-state index contributed by atoms with van der Waals surface area (Å²) < 4.78 is 1.71. The smallest absolute Gasteiger partial charge is 0.141 e. The lowest BCUT2D eigenvalue weighted by atomic mass is 10.0. The second-order valence-electron chi connectivity index (χ2n) is 7.68. The Bertz CT molecular complexity index is 1450. The van der Waals surface area contributed by atoms with E-state index in [1.807, 2.05) is 62.6 Å². The lowest BCUT2D eigenvalue weighted by molar-refractivity contribution is 0.770. The molecule has 1 atom stereocenters. The molecule has 9 heteroatoms. The summed E-state index contributed by atoms with van der Waals surface area (Å²) in [6.07, 6.45) is 5.04. The Kier molecular flexibility index (Phi) is 5.35. The number of aryl methyl sites for hydroxylation is 1. The molecule has 0 spiro atoms. The van der Waals surface area contributed by atoms with Gasteiger partial charge in [0.1, 0.15) is 18.0 Å². The van der Waals surface area contributed by atoms with Crippen molar-refractivity contribution in [3.05, 3.63) is 77.8 Å². The first kappa shape index (κ1) is 20.8. The monoisotopic (exact) mass is 456 g/mol. The number of halogens is 1. The Balaban J connectivity index is 1.63. The molecule has 1 unspecified atom stereocenters. The van der Waals surface area contributed by atoms with Crippen LogP contribution >= 0.6 is 11.6 Å². The van der Waals surface area contributed by atoms with Gasteiger partial charge >= 0.3 is 0 Å². The highest BCUT2D eigenvalue weighted by Crippen LogP contribution is 2.35.